The number of amides is 2. The molecule has 2 bridgehead atoms. The van der Waals surface area contributed by atoms with Crippen LogP contribution in [0, 0.1) is 19.8 Å². The molecule has 0 spiro atoms. The van der Waals surface area contributed by atoms with Crippen LogP contribution in [-0.4, -0.2) is 60.7 Å². The molecule has 2 atom stereocenters. The van der Waals surface area contributed by atoms with Crippen LogP contribution >= 0.6 is 0 Å². The minimum Gasteiger partial charge on any atom is -0.361 e. The SMILES string of the molecule is Cc1noc(C)c1CN1C(=O)[C@H]2CC[C@@H]1CN(C(=O)CCn1cncn1)C2. The number of aromatic nitrogens is 4. The average molecular weight is 372 g/mol. The lowest BCUT2D eigenvalue weighted by molar-refractivity contribution is -0.140. The Labute approximate surface area is 157 Å². The minimum atomic E-state index is -0.125. The second-order valence-corrected chi connectivity index (χ2v) is 7.40. The van der Waals surface area contributed by atoms with E-state index in [9.17, 15) is 9.59 Å². The molecule has 5 heterocycles. The molecule has 0 saturated carbocycles. The number of aryl methyl sites for hydroxylation is 3. The summed E-state index contributed by atoms with van der Waals surface area (Å²) in [7, 11) is 0. The summed E-state index contributed by atoms with van der Waals surface area (Å²) in [6.07, 6.45) is 5.19. The molecule has 3 aliphatic heterocycles. The van der Waals surface area contributed by atoms with Gasteiger partial charge in [0, 0.05) is 31.1 Å². The van der Waals surface area contributed by atoms with Crippen molar-refractivity contribution >= 4 is 11.8 Å². The summed E-state index contributed by atoms with van der Waals surface area (Å²) in [4.78, 5) is 33.4. The van der Waals surface area contributed by atoms with E-state index in [0.717, 1.165) is 29.9 Å². The smallest absolute Gasteiger partial charge is 0.228 e. The van der Waals surface area contributed by atoms with Gasteiger partial charge < -0.3 is 14.3 Å². The van der Waals surface area contributed by atoms with E-state index >= 15 is 0 Å². The van der Waals surface area contributed by atoms with E-state index < -0.39 is 0 Å². The Balaban J connectivity index is 1.46. The molecule has 2 amide bonds. The van der Waals surface area contributed by atoms with Crippen molar-refractivity contribution in [3.05, 3.63) is 29.7 Å². The predicted molar refractivity (Wildman–Crippen MR) is 94.3 cm³/mol. The fourth-order valence-corrected chi connectivity index (χ4v) is 4.07. The van der Waals surface area contributed by atoms with Crippen LogP contribution in [0.25, 0.3) is 0 Å². The summed E-state index contributed by atoms with van der Waals surface area (Å²) < 4.78 is 6.90. The Morgan fingerprint density at radius 1 is 1.30 bits per heavy atom. The highest BCUT2D eigenvalue weighted by Crippen LogP contribution is 2.31. The Morgan fingerprint density at radius 3 is 2.85 bits per heavy atom. The molecule has 3 aliphatic rings. The number of carbonyl (C=O) groups is 2. The summed E-state index contributed by atoms with van der Waals surface area (Å²) in [6.45, 7) is 5.86. The number of hydrogen-bond donors (Lipinski definition) is 0. The molecular weight excluding hydrogens is 348 g/mol. The number of carbonyl (C=O) groups excluding carboxylic acids is 2. The molecule has 2 aromatic heterocycles. The van der Waals surface area contributed by atoms with E-state index in [1.807, 2.05) is 23.6 Å². The highest BCUT2D eigenvalue weighted by Gasteiger charge is 2.42. The molecule has 9 heteroatoms. The van der Waals surface area contributed by atoms with Gasteiger partial charge in [-0.05, 0) is 26.7 Å². The molecule has 0 aromatic carbocycles. The quantitative estimate of drug-likeness (QED) is 0.774. The summed E-state index contributed by atoms with van der Waals surface area (Å²) in [5.41, 5.74) is 1.79. The first-order valence-electron chi connectivity index (χ1n) is 9.35. The number of fused-ring (bicyclic) bond motifs is 4. The van der Waals surface area contributed by atoms with E-state index in [4.69, 9.17) is 4.52 Å². The summed E-state index contributed by atoms with van der Waals surface area (Å²) in [6, 6.07) is 0.0419. The summed E-state index contributed by atoms with van der Waals surface area (Å²) in [5.74, 6) is 0.827. The third-order valence-corrected chi connectivity index (χ3v) is 5.68. The maximum atomic E-state index is 13.0. The van der Waals surface area contributed by atoms with Crippen LogP contribution in [0.1, 0.15) is 36.3 Å². The van der Waals surface area contributed by atoms with E-state index in [1.54, 1.807) is 11.0 Å². The van der Waals surface area contributed by atoms with Gasteiger partial charge in [-0.25, -0.2) is 4.98 Å². The lowest BCUT2D eigenvalue weighted by Crippen LogP contribution is -2.47. The fraction of sp³-hybridized carbons (Fsp3) is 0.611. The van der Waals surface area contributed by atoms with Crippen LogP contribution in [0.3, 0.4) is 0 Å². The molecule has 5 rings (SSSR count). The summed E-state index contributed by atoms with van der Waals surface area (Å²) in [5, 5.41) is 8.03. The van der Waals surface area contributed by atoms with Crippen LogP contribution < -0.4 is 0 Å². The van der Waals surface area contributed by atoms with Crippen LogP contribution in [0.15, 0.2) is 17.2 Å². The first-order valence-corrected chi connectivity index (χ1v) is 9.35. The molecule has 0 N–H and O–H groups in total. The predicted octanol–water partition coefficient (Wildman–Crippen LogP) is 0.923. The zero-order valence-electron chi connectivity index (χ0n) is 15.7. The largest absolute Gasteiger partial charge is 0.361 e. The first kappa shape index (κ1) is 17.7. The van der Waals surface area contributed by atoms with Gasteiger partial charge in [-0.1, -0.05) is 5.16 Å². The molecular formula is C18H24N6O3. The first-order chi connectivity index (χ1) is 13.0. The van der Waals surface area contributed by atoms with Crippen LogP contribution in [-0.2, 0) is 22.7 Å². The van der Waals surface area contributed by atoms with Gasteiger partial charge in [-0.15, -0.1) is 0 Å². The van der Waals surface area contributed by atoms with Gasteiger partial charge >= 0.3 is 0 Å². The number of hydrogen-bond acceptors (Lipinski definition) is 6. The Kier molecular flexibility index (Phi) is 4.67. The molecule has 27 heavy (non-hydrogen) atoms. The van der Waals surface area contributed by atoms with Gasteiger partial charge in [0.25, 0.3) is 0 Å². The molecule has 2 aromatic rings. The normalized spacial score (nSPS) is 22.4. The van der Waals surface area contributed by atoms with Crippen molar-refractivity contribution in [2.75, 3.05) is 13.1 Å². The average Bonchev–Trinajstić information content (AvgIpc) is 3.18. The zero-order chi connectivity index (χ0) is 19.0. The van der Waals surface area contributed by atoms with Crippen molar-refractivity contribution in [1.29, 1.82) is 0 Å². The van der Waals surface area contributed by atoms with Crippen molar-refractivity contribution in [3.8, 4) is 0 Å². The van der Waals surface area contributed by atoms with E-state index in [-0.39, 0.29) is 23.8 Å². The maximum Gasteiger partial charge on any atom is 0.228 e. The highest BCUT2D eigenvalue weighted by molar-refractivity contribution is 5.83. The minimum absolute atomic E-state index is 0.0419. The van der Waals surface area contributed by atoms with Gasteiger partial charge in [0.2, 0.25) is 11.8 Å². The van der Waals surface area contributed by atoms with Crippen molar-refractivity contribution < 1.29 is 14.1 Å². The number of nitrogens with zero attached hydrogens (tertiary/aromatic N) is 6. The Hall–Kier alpha value is -2.71. The van der Waals surface area contributed by atoms with E-state index in [1.165, 1.54) is 6.33 Å². The van der Waals surface area contributed by atoms with Crippen molar-refractivity contribution in [1.82, 2.24) is 29.7 Å². The number of piperidine rings is 1. The second kappa shape index (κ2) is 7.13. The topological polar surface area (TPSA) is 97.4 Å². The Morgan fingerprint density at radius 2 is 2.15 bits per heavy atom. The monoisotopic (exact) mass is 372 g/mol. The van der Waals surface area contributed by atoms with Crippen LogP contribution in [0.4, 0.5) is 0 Å². The second-order valence-electron chi connectivity index (χ2n) is 7.40. The van der Waals surface area contributed by atoms with Crippen LogP contribution in [0.2, 0.25) is 0 Å². The maximum absolute atomic E-state index is 13.0. The zero-order valence-corrected chi connectivity index (χ0v) is 15.7. The highest BCUT2D eigenvalue weighted by atomic mass is 16.5. The molecule has 0 aliphatic carbocycles. The van der Waals surface area contributed by atoms with Gasteiger partial charge in [0.05, 0.1) is 24.7 Å². The van der Waals surface area contributed by atoms with Crippen molar-refractivity contribution in [3.63, 3.8) is 0 Å². The Bertz CT molecular complexity index is 811. The molecule has 9 nitrogen and oxygen atoms in total. The molecule has 3 saturated heterocycles. The van der Waals surface area contributed by atoms with E-state index in [2.05, 4.69) is 15.2 Å². The molecule has 0 unspecified atom stereocenters. The van der Waals surface area contributed by atoms with Crippen molar-refractivity contribution in [2.45, 2.75) is 52.2 Å². The lowest BCUT2D eigenvalue weighted by Gasteiger charge is -2.35. The molecule has 0 radical (unpaired) electrons. The molecule has 144 valence electrons. The number of rotatable bonds is 5. The third-order valence-electron chi connectivity index (χ3n) is 5.68. The van der Waals surface area contributed by atoms with Gasteiger partial charge in [0.1, 0.15) is 18.4 Å². The van der Waals surface area contributed by atoms with Crippen molar-refractivity contribution in [2.24, 2.45) is 5.92 Å². The van der Waals surface area contributed by atoms with Gasteiger partial charge in [-0.2, -0.15) is 5.10 Å². The van der Waals surface area contributed by atoms with Crippen LogP contribution in [0.5, 0.6) is 0 Å². The standard InChI is InChI=1S/C18H24N6O3/c1-12-16(13(2)27-21-12)9-24-15-4-3-14(18(24)26)7-22(8-15)17(25)5-6-23-11-19-10-20-23/h10-11,14-15H,3-9H2,1-2H3/t14-,15+/m0/s1. The van der Waals surface area contributed by atoms with E-state index in [0.29, 0.717) is 32.6 Å². The van der Waals surface area contributed by atoms with Gasteiger partial charge in [-0.3, -0.25) is 14.3 Å². The molecule has 3 fully saturated rings. The summed E-state index contributed by atoms with van der Waals surface area (Å²) >= 11 is 0. The van der Waals surface area contributed by atoms with Gasteiger partial charge in [0.15, 0.2) is 0 Å². The fourth-order valence-electron chi connectivity index (χ4n) is 4.07. The lowest BCUT2D eigenvalue weighted by atomic mass is 9.93. The third kappa shape index (κ3) is 3.45.